The average molecular weight is 437 g/mol. The summed E-state index contributed by atoms with van der Waals surface area (Å²) in [6, 6.07) is 16.8. The summed E-state index contributed by atoms with van der Waals surface area (Å²) in [7, 11) is 2.87. The number of fused-ring (bicyclic) bond motifs is 1. The number of aromatic nitrogens is 3. The first kappa shape index (κ1) is 20.4. The van der Waals surface area contributed by atoms with Crippen LogP contribution in [0, 0.1) is 0 Å². The standard InChI is InChI=1S/C22H17ClN4O4/c1-26-19-15(21(29)27(2)22(26)30)9-10-16(24-19)20(28)25-17-12-13(23)8-11-18(17)31-14-6-4-3-5-7-14/h3-12H,1-2H3,(H,25,28). The molecule has 0 bridgehead atoms. The largest absolute Gasteiger partial charge is 0.455 e. The Kier molecular flexibility index (Phi) is 5.31. The molecule has 8 nitrogen and oxygen atoms in total. The summed E-state index contributed by atoms with van der Waals surface area (Å²) in [5.74, 6) is 0.441. The second-order valence-corrected chi connectivity index (χ2v) is 7.22. The van der Waals surface area contributed by atoms with Gasteiger partial charge in [0.2, 0.25) is 0 Å². The minimum atomic E-state index is -0.546. The number of amides is 1. The lowest BCUT2D eigenvalue weighted by atomic mass is 10.2. The van der Waals surface area contributed by atoms with Crippen LogP contribution in [0.4, 0.5) is 5.69 Å². The molecule has 0 aliphatic rings. The zero-order chi connectivity index (χ0) is 22.1. The van der Waals surface area contributed by atoms with E-state index in [-0.39, 0.29) is 16.7 Å². The Morgan fingerprint density at radius 3 is 2.48 bits per heavy atom. The van der Waals surface area contributed by atoms with Crippen LogP contribution < -0.4 is 21.3 Å². The van der Waals surface area contributed by atoms with Gasteiger partial charge in [-0.2, -0.15) is 0 Å². The summed E-state index contributed by atoms with van der Waals surface area (Å²) in [5.41, 5.74) is -0.517. The van der Waals surface area contributed by atoms with Gasteiger partial charge in [-0.05, 0) is 42.5 Å². The molecule has 1 amide bonds. The first-order chi connectivity index (χ1) is 14.8. The molecular weight excluding hydrogens is 420 g/mol. The van der Waals surface area contributed by atoms with Gasteiger partial charge in [0.05, 0.1) is 11.1 Å². The number of halogens is 1. The van der Waals surface area contributed by atoms with Crippen LogP contribution >= 0.6 is 11.6 Å². The van der Waals surface area contributed by atoms with Gasteiger partial charge in [0.1, 0.15) is 17.1 Å². The maximum absolute atomic E-state index is 12.9. The van der Waals surface area contributed by atoms with Gasteiger partial charge in [-0.3, -0.25) is 18.7 Å². The molecule has 0 aliphatic carbocycles. The molecule has 2 heterocycles. The quantitative estimate of drug-likeness (QED) is 0.529. The topological polar surface area (TPSA) is 95.2 Å². The minimum Gasteiger partial charge on any atom is -0.455 e. The number of benzene rings is 2. The van der Waals surface area contributed by atoms with Gasteiger partial charge in [0.15, 0.2) is 5.75 Å². The van der Waals surface area contributed by atoms with Crippen LogP contribution in [0.25, 0.3) is 11.0 Å². The Labute approximate surface area is 181 Å². The Morgan fingerprint density at radius 1 is 1.00 bits per heavy atom. The van der Waals surface area contributed by atoms with E-state index in [0.29, 0.717) is 22.2 Å². The number of nitrogens with one attached hydrogen (secondary N) is 1. The summed E-state index contributed by atoms with van der Waals surface area (Å²) in [6.45, 7) is 0. The number of hydrogen-bond acceptors (Lipinski definition) is 5. The first-order valence-corrected chi connectivity index (χ1v) is 9.63. The third-order valence-corrected chi connectivity index (χ3v) is 4.93. The number of carbonyl (C=O) groups excluding carboxylic acids is 1. The van der Waals surface area contributed by atoms with E-state index in [9.17, 15) is 14.4 Å². The lowest BCUT2D eigenvalue weighted by Crippen LogP contribution is -2.37. The first-order valence-electron chi connectivity index (χ1n) is 9.26. The second kappa shape index (κ2) is 8.08. The molecule has 4 rings (SSSR count). The normalized spacial score (nSPS) is 10.8. The highest BCUT2D eigenvalue weighted by Gasteiger charge is 2.16. The Bertz CT molecular complexity index is 1430. The highest BCUT2D eigenvalue weighted by molar-refractivity contribution is 6.31. The Morgan fingerprint density at radius 2 is 1.74 bits per heavy atom. The molecule has 9 heteroatoms. The maximum Gasteiger partial charge on any atom is 0.332 e. The van der Waals surface area contributed by atoms with Gasteiger partial charge < -0.3 is 10.1 Å². The average Bonchev–Trinajstić information content (AvgIpc) is 2.78. The van der Waals surface area contributed by atoms with E-state index < -0.39 is 17.2 Å². The van der Waals surface area contributed by atoms with Gasteiger partial charge in [-0.15, -0.1) is 0 Å². The predicted molar refractivity (Wildman–Crippen MR) is 118 cm³/mol. The zero-order valence-corrected chi connectivity index (χ0v) is 17.4. The summed E-state index contributed by atoms with van der Waals surface area (Å²) < 4.78 is 8.06. The number of ether oxygens (including phenoxy) is 1. The molecule has 0 unspecified atom stereocenters. The number of para-hydroxylation sites is 1. The number of hydrogen-bond donors (Lipinski definition) is 1. The van der Waals surface area contributed by atoms with E-state index in [1.807, 2.05) is 18.2 Å². The monoisotopic (exact) mass is 436 g/mol. The Hall–Kier alpha value is -3.91. The van der Waals surface area contributed by atoms with E-state index in [2.05, 4.69) is 10.3 Å². The predicted octanol–water partition coefficient (Wildman–Crippen LogP) is 3.33. The van der Waals surface area contributed by atoms with E-state index in [1.54, 1.807) is 30.3 Å². The van der Waals surface area contributed by atoms with Crippen molar-refractivity contribution in [1.29, 1.82) is 0 Å². The lowest BCUT2D eigenvalue weighted by Gasteiger charge is -2.13. The summed E-state index contributed by atoms with van der Waals surface area (Å²) in [6.07, 6.45) is 0. The van der Waals surface area contributed by atoms with Gasteiger partial charge in [0.25, 0.3) is 11.5 Å². The molecule has 156 valence electrons. The number of carbonyl (C=O) groups is 1. The van der Waals surface area contributed by atoms with Crippen LogP contribution in [0.3, 0.4) is 0 Å². The van der Waals surface area contributed by atoms with Crippen molar-refractivity contribution in [2.24, 2.45) is 14.1 Å². The van der Waals surface area contributed by atoms with Crippen LogP contribution in [0.1, 0.15) is 10.5 Å². The van der Waals surface area contributed by atoms with Crippen molar-refractivity contribution in [2.45, 2.75) is 0 Å². The lowest BCUT2D eigenvalue weighted by molar-refractivity contribution is 0.102. The minimum absolute atomic E-state index is 0.0291. The molecule has 1 N–H and O–H groups in total. The van der Waals surface area contributed by atoms with Crippen LogP contribution in [0.2, 0.25) is 5.02 Å². The van der Waals surface area contributed by atoms with Gasteiger partial charge in [-0.1, -0.05) is 29.8 Å². The van der Waals surface area contributed by atoms with Gasteiger partial charge in [0, 0.05) is 19.1 Å². The van der Waals surface area contributed by atoms with E-state index >= 15 is 0 Å². The summed E-state index contributed by atoms with van der Waals surface area (Å²) >= 11 is 6.10. The number of rotatable bonds is 4. The molecule has 31 heavy (non-hydrogen) atoms. The molecule has 0 saturated heterocycles. The smallest absolute Gasteiger partial charge is 0.332 e. The highest BCUT2D eigenvalue weighted by Crippen LogP contribution is 2.32. The molecule has 0 fully saturated rings. The van der Waals surface area contributed by atoms with E-state index in [0.717, 1.165) is 4.57 Å². The van der Waals surface area contributed by atoms with Crippen molar-refractivity contribution in [3.05, 3.63) is 92.2 Å². The van der Waals surface area contributed by atoms with E-state index in [4.69, 9.17) is 16.3 Å². The summed E-state index contributed by atoms with van der Waals surface area (Å²) in [4.78, 5) is 41.6. The van der Waals surface area contributed by atoms with Crippen molar-refractivity contribution in [3.8, 4) is 11.5 Å². The number of aryl methyl sites for hydroxylation is 1. The molecule has 0 saturated carbocycles. The zero-order valence-electron chi connectivity index (χ0n) is 16.6. The van der Waals surface area contributed by atoms with Gasteiger partial charge >= 0.3 is 5.69 Å². The number of pyridine rings is 1. The molecule has 2 aromatic carbocycles. The van der Waals surface area contributed by atoms with Crippen molar-refractivity contribution >= 4 is 34.2 Å². The third kappa shape index (κ3) is 3.93. The second-order valence-electron chi connectivity index (χ2n) is 6.78. The fourth-order valence-corrected chi connectivity index (χ4v) is 3.24. The molecule has 4 aromatic rings. The van der Waals surface area contributed by atoms with Crippen molar-refractivity contribution < 1.29 is 9.53 Å². The van der Waals surface area contributed by atoms with Crippen molar-refractivity contribution in [1.82, 2.24) is 14.1 Å². The number of anilines is 1. The maximum atomic E-state index is 12.9. The molecule has 0 aliphatic heterocycles. The van der Waals surface area contributed by atoms with Gasteiger partial charge in [-0.25, -0.2) is 9.78 Å². The summed E-state index contributed by atoms with van der Waals surface area (Å²) in [5, 5.41) is 3.37. The highest BCUT2D eigenvalue weighted by atomic mass is 35.5. The van der Waals surface area contributed by atoms with Crippen LogP contribution in [0.15, 0.2) is 70.3 Å². The Balaban J connectivity index is 1.70. The molecule has 0 atom stereocenters. The molecule has 0 spiro atoms. The fraction of sp³-hybridized carbons (Fsp3) is 0.0909. The van der Waals surface area contributed by atoms with Crippen molar-refractivity contribution in [2.75, 3.05) is 5.32 Å². The van der Waals surface area contributed by atoms with Crippen LogP contribution in [0.5, 0.6) is 11.5 Å². The van der Waals surface area contributed by atoms with Crippen molar-refractivity contribution in [3.63, 3.8) is 0 Å². The number of nitrogens with zero attached hydrogens (tertiary/aromatic N) is 3. The van der Waals surface area contributed by atoms with Crippen LogP contribution in [-0.4, -0.2) is 20.0 Å². The third-order valence-electron chi connectivity index (χ3n) is 4.70. The van der Waals surface area contributed by atoms with E-state index in [1.165, 1.54) is 30.8 Å². The molecular formula is C22H17ClN4O4. The fourth-order valence-electron chi connectivity index (χ4n) is 3.07. The van der Waals surface area contributed by atoms with Crippen LogP contribution in [-0.2, 0) is 14.1 Å². The molecule has 2 aromatic heterocycles. The SMILES string of the molecule is Cn1c(=O)c2ccc(C(=O)Nc3cc(Cl)ccc3Oc3ccccc3)nc2n(C)c1=O. The molecule has 0 radical (unpaired) electrons.